The summed E-state index contributed by atoms with van der Waals surface area (Å²) < 4.78 is 0. The van der Waals surface area contributed by atoms with Gasteiger partial charge in [-0.05, 0) is 38.6 Å². The van der Waals surface area contributed by atoms with Gasteiger partial charge in [-0.3, -0.25) is 4.79 Å². The van der Waals surface area contributed by atoms with Crippen LogP contribution in [-0.4, -0.2) is 79.0 Å². The molecule has 0 radical (unpaired) electrons. The Morgan fingerprint density at radius 3 is 2.68 bits per heavy atom. The highest BCUT2D eigenvalue weighted by atomic mass is 16.2. The van der Waals surface area contributed by atoms with Crippen LogP contribution in [0.5, 0.6) is 0 Å². The zero-order chi connectivity index (χ0) is 15.5. The highest BCUT2D eigenvalue weighted by Crippen LogP contribution is 2.31. The number of carbonyl (C=O) groups excluding carboxylic acids is 2. The average molecular weight is 308 g/mol. The predicted molar refractivity (Wildman–Crippen MR) is 84.5 cm³/mol. The Labute approximate surface area is 132 Å². The smallest absolute Gasteiger partial charge is 0.320 e. The minimum absolute atomic E-state index is 0.217. The second kappa shape index (κ2) is 6.86. The Bertz CT molecular complexity index is 422. The van der Waals surface area contributed by atoms with Gasteiger partial charge in [0, 0.05) is 51.7 Å². The summed E-state index contributed by atoms with van der Waals surface area (Å²) in [7, 11) is 1.92. The molecular weight excluding hydrogens is 280 g/mol. The second-order valence-corrected chi connectivity index (χ2v) is 6.77. The quantitative estimate of drug-likeness (QED) is 0.836. The molecule has 124 valence electrons. The molecule has 3 heterocycles. The molecule has 0 bridgehead atoms. The van der Waals surface area contributed by atoms with Crippen LogP contribution >= 0.6 is 0 Å². The van der Waals surface area contributed by atoms with Gasteiger partial charge in [-0.25, -0.2) is 4.79 Å². The third-order valence-corrected chi connectivity index (χ3v) is 5.39. The first-order valence-corrected chi connectivity index (χ1v) is 8.68. The number of piperidine rings is 2. The average Bonchev–Trinajstić information content (AvgIpc) is 3.07. The minimum Gasteiger partial charge on any atom is -0.338 e. The maximum absolute atomic E-state index is 12.6. The molecule has 3 aliphatic rings. The van der Waals surface area contributed by atoms with Crippen molar-refractivity contribution >= 4 is 11.9 Å². The van der Waals surface area contributed by atoms with E-state index in [0.29, 0.717) is 18.4 Å². The van der Waals surface area contributed by atoms with Crippen molar-refractivity contribution in [1.82, 2.24) is 20.0 Å². The zero-order valence-electron chi connectivity index (χ0n) is 13.6. The molecule has 3 amide bonds. The molecule has 2 atom stereocenters. The van der Waals surface area contributed by atoms with E-state index < -0.39 is 0 Å². The van der Waals surface area contributed by atoms with Gasteiger partial charge in [0.15, 0.2) is 0 Å². The second-order valence-electron chi connectivity index (χ2n) is 6.77. The Balaban J connectivity index is 1.61. The fourth-order valence-electron chi connectivity index (χ4n) is 4.16. The van der Waals surface area contributed by atoms with Crippen molar-refractivity contribution in [2.75, 3.05) is 46.3 Å². The van der Waals surface area contributed by atoms with E-state index in [9.17, 15) is 9.59 Å². The predicted octanol–water partition coefficient (Wildman–Crippen LogP) is 0.735. The fraction of sp³-hybridized carbons (Fsp3) is 0.875. The Morgan fingerprint density at radius 2 is 1.95 bits per heavy atom. The van der Waals surface area contributed by atoms with Gasteiger partial charge < -0.3 is 20.0 Å². The summed E-state index contributed by atoms with van der Waals surface area (Å²) in [4.78, 5) is 30.8. The summed E-state index contributed by atoms with van der Waals surface area (Å²) in [6, 6.07) is 0.548. The minimum atomic E-state index is 0.217. The van der Waals surface area contributed by atoms with E-state index in [1.165, 1.54) is 0 Å². The zero-order valence-corrected chi connectivity index (χ0v) is 13.6. The topological polar surface area (TPSA) is 55.9 Å². The summed E-state index contributed by atoms with van der Waals surface area (Å²) in [6.07, 6.45) is 4.77. The molecule has 0 spiro atoms. The van der Waals surface area contributed by atoms with Crippen molar-refractivity contribution in [3.63, 3.8) is 0 Å². The van der Waals surface area contributed by atoms with Crippen molar-refractivity contribution in [2.45, 2.75) is 38.1 Å². The number of hydrogen-bond acceptors (Lipinski definition) is 3. The van der Waals surface area contributed by atoms with Crippen LogP contribution in [0.1, 0.15) is 32.1 Å². The standard InChI is InChI=1S/C16H28N4O2/c1-17-7-11-20-14-6-10-19(12-13(14)4-5-15(20)21)16(22)18-8-2-3-9-18/h13-14,17H,2-12H2,1H3/t13-,14+/m0/s1. The fourth-order valence-corrected chi connectivity index (χ4v) is 4.16. The van der Waals surface area contributed by atoms with E-state index in [1.54, 1.807) is 0 Å². The largest absolute Gasteiger partial charge is 0.338 e. The van der Waals surface area contributed by atoms with Crippen LogP contribution in [0.4, 0.5) is 4.79 Å². The number of likely N-dealkylation sites (N-methyl/N-ethyl adjacent to an activating group) is 1. The van der Waals surface area contributed by atoms with E-state index in [1.807, 2.05) is 16.8 Å². The van der Waals surface area contributed by atoms with Crippen LogP contribution in [0.25, 0.3) is 0 Å². The van der Waals surface area contributed by atoms with Gasteiger partial charge in [0.1, 0.15) is 0 Å². The maximum atomic E-state index is 12.6. The monoisotopic (exact) mass is 308 g/mol. The molecule has 0 aliphatic carbocycles. The van der Waals surface area contributed by atoms with Crippen molar-refractivity contribution in [2.24, 2.45) is 5.92 Å². The number of carbonyl (C=O) groups is 2. The lowest BCUT2D eigenvalue weighted by Gasteiger charge is -2.47. The van der Waals surface area contributed by atoms with Crippen LogP contribution in [0.3, 0.4) is 0 Å². The molecule has 22 heavy (non-hydrogen) atoms. The molecule has 0 unspecified atom stereocenters. The number of amides is 3. The summed E-state index contributed by atoms with van der Waals surface area (Å²) in [5.41, 5.74) is 0. The van der Waals surface area contributed by atoms with Gasteiger partial charge in [-0.2, -0.15) is 0 Å². The lowest BCUT2D eigenvalue weighted by molar-refractivity contribution is -0.140. The Morgan fingerprint density at radius 1 is 1.18 bits per heavy atom. The molecule has 1 N–H and O–H groups in total. The lowest BCUT2D eigenvalue weighted by atomic mass is 9.83. The maximum Gasteiger partial charge on any atom is 0.320 e. The first-order valence-electron chi connectivity index (χ1n) is 8.68. The number of likely N-dealkylation sites (tertiary alicyclic amines) is 3. The summed E-state index contributed by atoms with van der Waals surface area (Å²) in [6.45, 7) is 5.07. The number of rotatable bonds is 3. The van der Waals surface area contributed by atoms with Crippen LogP contribution in [0, 0.1) is 5.92 Å². The van der Waals surface area contributed by atoms with Crippen LogP contribution < -0.4 is 5.32 Å². The van der Waals surface area contributed by atoms with Gasteiger partial charge in [0.05, 0.1) is 0 Å². The van der Waals surface area contributed by atoms with E-state index >= 15 is 0 Å². The number of nitrogens with zero attached hydrogens (tertiary/aromatic N) is 3. The molecule has 0 aromatic rings. The van der Waals surface area contributed by atoms with Gasteiger partial charge in [0.25, 0.3) is 0 Å². The molecule has 0 saturated carbocycles. The van der Waals surface area contributed by atoms with Gasteiger partial charge in [-0.1, -0.05) is 0 Å². The van der Waals surface area contributed by atoms with Crippen LogP contribution in [-0.2, 0) is 4.79 Å². The normalized spacial score (nSPS) is 29.0. The first kappa shape index (κ1) is 15.6. The highest BCUT2D eigenvalue weighted by molar-refractivity contribution is 5.78. The lowest BCUT2D eigenvalue weighted by Crippen LogP contribution is -2.59. The number of hydrogen-bond donors (Lipinski definition) is 1. The third kappa shape index (κ3) is 3.07. The van der Waals surface area contributed by atoms with E-state index in [-0.39, 0.29) is 11.9 Å². The van der Waals surface area contributed by atoms with E-state index in [2.05, 4.69) is 10.2 Å². The van der Waals surface area contributed by atoms with Crippen molar-refractivity contribution in [3.05, 3.63) is 0 Å². The summed E-state index contributed by atoms with van der Waals surface area (Å²) in [5, 5.41) is 3.13. The molecule has 0 aromatic carbocycles. The molecule has 3 fully saturated rings. The third-order valence-electron chi connectivity index (χ3n) is 5.39. The molecule has 0 aromatic heterocycles. The van der Waals surface area contributed by atoms with Crippen LogP contribution in [0.15, 0.2) is 0 Å². The first-order chi connectivity index (χ1) is 10.7. The Kier molecular flexibility index (Phi) is 4.86. The molecule has 3 saturated heterocycles. The summed E-state index contributed by atoms with van der Waals surface area (Å²) in [5.74, 6) is 0.741. The van der Waals surface area contributed by atoms with Gasteiger partial charge >= 0.3 is 6.03 Å². The highest BCUT2D eigenvalue weighted by Gasteiger charge is 2.40. The van der Waals surface area contributed by atoms with Crippen molar-refractivity contribution in [3.8, 4) is 0 Å². The Hall–Kier alpha value is -1.30. The SMILES string of the molecule is CNCCN1C(=O)CC[C@H]2CN(C(=O)N3CCCC3)CC[C@H]21. The number of nitrogens with one attached hydrogen (secondary N) is 1. The molecule has 3 rings (SSSR count). The molecule has 3 aliphatic heterocycles. The van der Waals surface area contributed by atoms with E-state index in [4.69, 9.17) is 0 Å². The number of fused-ring (bicyclic) bond motifs is 1. The summed E-state index contributed by atoms with van der Waals surface area (Å²) >= 11 is 0. The van der Waals surface area contributed by atoms with Crippen molar-refractivity contribution in [1.29, 1.82) is 0 Å². The van der Waals surface area contributed by atoms with Gasteiger partial charge in [0.2, 0.25) is 5.91 Å². The molecule has 6 nitrogen and oxygen atoms in total. The van der Waals surface area contributed by atoms with Crippen molar-refractivity contribution < 1.29 is 9.59 Å². The molecule has 6 heteroatoms. The number of urea groups is 1. The van der Waals surface area contributed by atoms with Crippen LogP contribution in [0.2, 0.25) is 0 Å². The van der Waals surface area contributed by atoms with Gasteiger partial charge in [-0.15, -0.1) is 0 Å². The van der Waals surface area contributed by atoms with E-state index in [0.717, 1.165) is 65.0 Å². The molecular formula is C16H28N4O2.